The molecule has 0 saturated carbocycles. The lowest BCUT2D eigenvalue weighted by Gasteiger charge is -2.17. The molecule has 0 aliphatic heterocycles. The molecule has 0 unspecified atom stereocenters. The van der Waals surface area contributed by atoms with E-state index >= 15 is 0 Å². The van der Waals surface area contributed by atoms with Crippen LogP contribution in [0, 0.1) is 0 Å². The van der Waals surface area contributed by atoms with E-state index in [1.54, 1.807) is 11.0 Å². The fourth-order valence-corrected chi connectivity index (χ4v) is 2.22. The first-order valence-electron chi connectivity index (χ1n) is 6.94. The van der Waals surface area contributed by atoms with E-state index in [1.807, 2.05) is 18.8 Å². The van der Waals surface area contributed by atoms with Gasteiger partial charge in [-0.15, -0.1) is 0 Å². The predicted molar refractivity (Wildman–Crippen MR) is 78.3 cm³/mol. The van der Waals surface area contributed by atoms with Crippen LogP contribution in [0.5, 0.6) is 0 Å². The van der Waals surface area contributed by atoms with Crippen LogP contribution in [0.2, 0.25) is 0 Å². The molecule has 0 amide bonds. The minimum absolute atomic E-state index is 0.0703. The average molecular weight is 276 g/mol. The third-order valence-corrected chi connectivity index (χ3v) is 3.10. The Labute approximate surface area is 120 Å². The molecule has 0 fully saturated rings. The smallest absolute Gasteiger partial charge is 0.151 e. The number of aromatic nitrogens is 5. The Balaban J connectivity index is 1.88. The molecule has 20 heavy (non-hydrogen) atoms. The van der Waals surface area contributed by atoms with Crippen molar-refractivity contribution in [3.05, 3.63) is 29.6 Å². The van der Waals surface area contributed by atoms with Crippen LogP contribution in [0.15, 0.2) is 12.5 Å². The van der Waals surface area contributed by atoms with Crippen molar-refractivity contribution in [3.63, 3.8) is 0 Å². The topological polar surface area (TPSA) is 60.6 Å². The molecule has 0 saturated heterocycles. The van der Waals surface area contributed by atoms with Crippen LogP contribution in [-0.4, -0.2) is 31.1 Å². The molecule has 0 radical (unpaired) electrons. The van der Waals surface area contributed by atoms with E-state index in [0.717, 1.165) is 31.0 Å². The van der Waals surface area contributed by atoms with Crippen LogP contribution < -0.4 is 5.32 Å². The lowest BCUT2D eigenvalue weighted by Crippen LogP contribution is -2.21. The molecule has 2 aromatic heterocycles. The lowest BCUT2D eigenvalue weighted by atomic mass is 9.89. The van der Waals surface area contributed by atoms with Crippen LogP contribution in [0.25, 0.3) is 0 Å². The fraction of sp³-hybridized carbons (Fsp3) is 0.643. The largest absolute Gasteiger partial charge is 0.312 e. The molecule has 0 spiro atoms. The Bertz CT molecular complexity index is 560. The highest BCUT2D eigenvalue weighted by Gasteiger charge is 2.21. The van der Waals surface area contributed by atoms with Gasteiger partial charge in [-0.2, -0.15) is 10.2 Å². The fourth-order valence-electron chi connectivity index (χ4n) is 2.22. The zero-order chi connectivity index (χ0) is 14.8. The molecule has 0 aliphatic carbocycles. The zero-order valence-electron chi connectivity index (χ0n) is 13.0. The summed E-state index contributed by atoms with van der Waals surface area (Å²) in [6.07, 6.45) is 4.66. The van der Waals surface area contributed by atoms with E-state index in [0.29, 0.717) is 0 Å². The summed E-state index contributed by atoms with van der Waals surface area (Å²) in [5.41, 5.74) is 2.48. The van der Waals surface area contributed by atoms with Gasteiger partial charge in [-0.3, -0.25) is 9.36 Å². The maximum atomic E-state index is 4.57. The molecular weight excluding hydrogens is 252 g/mol. The molecule has 0 atom stereocenters. The van der Waals surface area contributed by atoms with E-state index in [1.165, 1.54) is 5.56 Å². The highest BCUT2D eigenvalue weighted by molar-refractivity contribution is 5.23. The Morgan fingerprint density at radius 1 is 1.15 bits per heavy atom. The van der Waals surface area contributed by atoms with Crippen LogP contribution >= 0.6 is 0 Å². The van der Waals surface area contributed by atoms with Crippen LogP contribution in [0.1, 0.15) is 37.9 Å². The summed E-state index contributed by atoms with van der Waals surface area (Å²) in [7, 11) is 3.85. The van der Waals surface area contributed by atoms with Gasteiger partial charge in [0.15, 0.2) is 5.82 Å². The van der Waals surface area contributed by atoms with Gasteiger partial charge >= 0.3 is 0 Å². The maximum Gasteiger partial charge on any atom is 0.151 e. The van der Waals surface area contributed by atoms with Crippen molar-refractivity contribution in [1.82, 2.24) is 29.9 Å². The van der Waals surface area contributed by atoms with Gasteiger partial charge in [0.2, 0.25) is 0 Å². The van der Waals surface area contributed by atoms with E-state index in [4.69, 9.17) is 0 Å². The van der Waals surface area contributed by atoms with E-state index in [-0.39, 0.29) is 5.41 Å². The molecule has 2 rings (SSSR count). The lowest BCUT2D eigenvalue weighted by molar-refractivity contribution is 0.543. The van der Waals surface area contributed by atoms with Crippen molar-refractivity contribution in [2.45, 2.75) is 39.2 Å². The van der Waals surface area contributed by atoms with Crippen LogP contribution in [0.4, 0.5) is 0 Å². The first-order valence-corrected chi connectivity index (χ1v) is 6.94. The van der Waals surface area contributed by atoms with Crippen molar-refractivity contribution < 1.29 is 0 Å². The number of rotatable bonds is 5. The van der Waals surface area contributed by atoms with Gasteiger partial charge in [0.25, 0.3) is 0 Å². The van der Waals surface area contributed by atoms with Crippen LogP contribution in [-0.2, 0) is 32.5 Å². The highest BCUT2D eigenvalue weighted by atomic mass is 15.3. The number of nitrogens with one attached hydrogen (secondary N) is 1. The summed E-state index contributed by atoms with van der Waals surface area (Å²) >= 11 is 0. The molecule has 6 heteroatoms. The SMILES string of the molecule is Cn1cnc(CCNCc2cn(C)nc2C(C)(C)C)n1. The summed E-state index contributed by atoms with van der Waals surface area (Å²) in [4.78, 5) is 4.22. The highest BCUT2D eigenvalue weighted by Crippen LogP contribution is 2.23. The Morgan fingerprint density at radius 2 is 1.90 bits per heavy atom. The Morgan fingerprint density at radius 3 is 2.50 bits per heavy atom. The molecule has 2 aromatic rings. The van der Waals surface area contributed by atoms with Crippen LogP contribution in [0.3, 0.4) is 0 Å². The first kappa shape index (κ1) is 14.7. The van der Waals surface area contributed by atoms with E-state index in [2.05, 4.69) is 47.5 Å². The van der Waals surface area contributed by atoms with Gasteiger partial charge in [-0.05, 0) is 0 Å². The van der Waals surface area contributed by atoms with Crippen molar-refractivity contribution in [2.75, 3.05) is 6.54 Å². The Kier molecular flexibility index (Phi) is 4.23. The summed E-state index contributed by atoms with van der Waals surface area (Å²) < 4.78 is 3.62. The quantitative estimate of drug-likeness (QED) is 0.833. The van der Waals surface area contributed by atoms with E-state index in [9.17, 15) is 0 Å². The average Bonchev–Trinajstić information content (AvgIpc) is 2.90. The molecule has 0 aromatic carbocycles. The predicted octanol–water partition coefficient (Wildman–Crippen LogP) is 1.18. The standard InChI is InChI=1S/C14H24N6/c1-14(2,3)13-11(9-19(4)18-13)8-15-7-6-12-16-10-20(5)17-12/h9-10,15H,6-8H2,1-5H3. The molecule has 110 valence electrons. The molecule has 0 bridgehead atoms. The van der Waals surface area contributed by atoms with Crippen molar-refractivity contribution in [1.29, 1.82) is 0 Å². The van der Waals surface area contributed by atoms with Crippen molar-refractivity contribution >= 4 is 0 Å². The van der Waals surface area contributed by atoms with E-state index < -0.39 is 0 Å². The second-order valence-corrected chi connectivity index (χ2v) is 6.19. The van der Waals surface area contributed by atoms with Gasteiger partial charge in [0.1, 0.15) is 6.33 Å². The minimum Gasteiger partial charge on any atom is -0.312 e. The first-order chi connectivity index (χ1) is 9.36. The minimum atomic E-state index is 0.0703. The maximum absolute atomic E-state index is 4.57. The molecule has 0 aliphatic rings. The van der Waals surface area contributed by atoms with Gasteiger partial charge < -0.3 is 5.32 Å². The normalized spacial score (nSPS) is 12.1. The van der Waals surface area contributed by atoms with Gasteiger partial charge in [-0.25, -0.2) is 4.98 Å². The summed E-state index contributed by atoms with van der Waals surface area (Å²) in [5.74, 6) is 0.877. The second kappa shape index (κ2) is 5.75. The number of aryl methyl sites for hydroxylation is 2. The summed E-state index contributed by atoms with van der Waals surface area (Å²) in [6, 6.07) is 0. The molecule has 2 heterocycles. The zero-order valence-corrected chi connectivity index (χ0v) is 13.0. The van der Waals surface area contributed by atoms with Crippen molar-refractivity contribution in [3.8, 4) is 0 Å². The Hall–Kier alpha value is -1.69. The second-order valence-electron chi connectivity index (χ2n) is 6.19. The summed E-state index contributed by atoms with van der Waals surface area (Å²) in [6.45, 7) is 8.26. The number of hydrogen-bond donors (Lipinski definition) is 1. The summed E-state index contributed by atoms with van der Waals surface area (Å²) in [5, 5.41) is 12.3. The third-order valence-electron chi connectivity index (χ3n) is 3.10. The molecule has 1 N–H and O–H groups in total. The number of nitrogens with zero attached hydrogens (tertiary/aromatic N) is 5. The monoisotopic (exact) mass is 276 g/mol. The van der Waals surface area contributed by atoms with Crippen molar-refractivity contribution in [2.24, 2.45) is 14.1 Å². The van der Waals surface area contributed by atoms with Gasteiger partial charge in [0, 0.05) is 50.8 Å². The molecule has 6 nitrogen and oxygen atoms in total. The van der Waals surface area contributed by atoms with Gasteiger partial charge in [-0.1, -0.05) is 20.8 Å². The molecular formula is C14H24N6. The third kappa shape index (κ3) is 3.66. The number of hydrogen-bond acceptors (Lipinski definition) is 4. The van der Waals surface area contributed by atoms with Gasteiger partial charge in [0.05, 0.1) is 5.69 Å².